The Hall–Kier alpha value is -2.84. The highest BCUT2D eigenvalue weighted by Crippen LogP contribution is 2.22. The Bertz CT molecular complexity index is 737. The number of rotatable bonds is 7. The van der Waals surface area contributed by atoms with Crippen LogP contribution in [0.3, 0.4) is 0 Å². The van der Waals surface area contributed by atoms with E-state index >= 15 is 0 Å². The summed E-state index contributed by atoms with van der Waals surface area (Å²) in [7, 11) is 0. The maximum atomic E-state index is 12.7. The zero-order valence-electron chi connectivity index (χ0n) is 18.3. The van der Waals surface area contributed by atoms with Crippen LogP contribution in [0.5, 0.6) is 0 Å². The lowest BCUT2D eigenvalue weighted by Gasteiger charge is -2.36. The molecule has 9 heteroatoms. The average Bonchev–Trinajstić information content (AvgIpc) is 2.82. The first-order valence-electron chi connectivity index (χ1n) is 11.2. The molecule has 31 heavy (non-hydrogen) atoms. The van der Waals surface area contributed by atoms with Gasteiger partial charge < -0.3 is 24.8 Å². The zero-order valence-corrected chi connectivity index (χ0v) is 18.3. The number of carbonyl (C=O) groups is 3. The van der Waals surface area contributed by atoms with Gasteiger partial charge in [0, 0.05) is 51.9 Å². The predicted molar refractivity (Wildman–Crippen MR) is 117 cm³/mol. The van der Waals surface area contributed by atoms with Crippen molar-refractivity contribution in [3.8, 4) is 0 Å². The Kier molecular flexibility index (Phi) is 8.49. The monoisotopic (exact) mass is 431 g/mol. The first-order chi connectivity index (χ1) is 15.1. The summed E-state index contributed by atoms with van der Waals surface area (Å²) >= 11 is 0. The van der Waals surface area contributed by atoms with Crippen molar-refractivity contribution in [3.63, 3.8) is 0 Å². The summed E-state index contributed by atoms with van der Waals surface area (Å²) in [6, 6.07) is 5.63. The number of hydrogen-bond donors (Lipinski definition) is 1. The summed E-state index contributed by atoms with van der Waals surface area (Å²) in [5.41, 5.74) is 0. The van der Waals surface area contributed by atoms with Crippen molar-refractivity contribution in [3.05, 3.63) is 24.4 Å². The van der Waals surface area contributed by atoms with E-state index in [9.17, 15) is 14.4 Å². The van der Waals surface area contributed by atoms with Gasteiger partial charge in [0.25, 0.3) is 0 Å². The van der Waals surface area contributed by atoms with Crippen LogP contribution in [0.1, 0.15) is 32.6 Å². The number of carbonyl (C=O) groups excluding carboxylic acids is 3. The SMILES string of the molecule is CCOC(=O)CNC(=O)N1CCC[C@@H](CCC(=O)N2CCN(c3ccccn3)CC2)C1. The Labute approximate surface area is 183 Å². The Balaban J connectivity index is 1.37. The maximum Gasteiger partial charge on any atom is 0.325 e. The molecule has 2 aliphatic rings. The largest absolute Gasteiger partial charge is 0.465 e. The van der Waals surface area contributed by atoms with Crippen LogP contribution in [0, 0.1) is 5.92 Å². The number of piperidine rings is 1. The summed E-state index contributed by atoms with van der Waals surface area (Å²) in [6.45, 7) is 6.22. The highest BCUT2D eigenvalue weighted by atomic mass is 16.5. The molecule has 2 fully saturated rings. The molecular formula is C22H33N5O4. The van der Waals surface area contributed by atoms with Crippen LogP contribution in [-0.2, 0) is 14.3 Å². The van der Waals surface area contributed by atoms with Gasteiger partial charge in [0.2, 0.25) is 5.91 Å². The Morgan fingerprint density at radius 1 is 1.13 bits per heavy atom. The third-order valence-electron chi connectivity index (χ3n) is 5.87. The van der Waals surface area contributed by atoms with Gasteiger partial charge in [-0.2, -0.15) is 0 Å². The van der Waals surface area contributed by atoms with Crippen molar-refractivity contribution < 1.29 is 19.1 Å². The number of anilines is 1. The summed E-state index contributed by atoms with van der Waals surface area (Å²) < 4.78 is 4.83. The minimum Gasteiger partial charge on any atom is -0.465 e. The van der Waals surface area contributed by atoms with Crippen LogP contribution < -0.4 is 10.2 Å². The van der Waals surface area contributed by atoms with E-state index in [2.05, 4.69) is 15.2 Å². The number of esters is 1. The second-order valence-corrected chi connectivity index (χ2v) is 8.01. The molecule has 1 aromatic rings. The van der Waals surface area contributed by atoms with E-state index in [1.807, 2.05) is 23.1 Å². The highest BCUT2D eigenvalue weighted by Gasteiger charge is 2.26. The number of urea groups is 1. The number of likely N-dealkylation sites (tertiary alicyclic amines) is 1. The number of pyridine rings is 1. The summed E-state index contributed by atoms with van der Waals surface area (Å²) in [6.07, 6.45) is 5.00. The molecule has 170 valence electrons. The topological polar surface area (TPSA) is 95.1 Å². The smallest absolute Gasteiger partial charge is 0.325 e. The molecule has 0 aromatic carbocycles. The molecule has 0 saturated carbocycles. The fourth-order valence-electron chi connectivity index (χ4n) is 4.17. The van der Waals surface area contributed by atoms with E-state index in [4.69, 9.17) is 4.74 Å². The third kappa shape index (κ3) is 6.83. The lowest BCUT2D eigenvalue weighted by molar-refractivity contribution is -0.141. The molecule has 0 radical (unpaired) electrons. The Morgan fingerprint density at radius 3 is 2.65 bits per heavy atom. The molecule has 0 unspecified atom stereocenters. The highest BCUT2D eigenvalue weighted by molar-refractivity contribution is 5.81. The second-order valence-electron chi connectivity index (χ2n) is 8.01. The summed E-state index contributed by atoms with van der Waals surface area (Å²) in [5.74, 6) is 1.02. The lowest BCUT2D eigenvalue weighted by Crippen LogP contribution is -2.49. The van der Waals surface area contributed by atoms with Crippen molar-refractivity contribution in [2.24, 2.45) is 5.92 Å². The molecule has 0 aliphatic carbocycles. The van der Waals surface area contributed by atoms with Gasteiger partial charge in [-0.3, -0.25) is 9.59 Å². The molecule has 3 heterocycles. The van der Waals surface area contributed by atoms with Crippen LogP contribution in [0.15, 0.2) is 24.4 Å². The number of nitrogens with one attached hydrogen (secondary N) is 1. The second kappa shape index (κ2) is 11.5. The van der Waals surface area contributed by atoms with Crippen LogP contribution in [0.25, 0.3) is 0 Å². The normalized spacial score (nSPS) is 19.1. The van der Waals surface area contributed by atoms with E-state index < -0.39 is 5.97 Å². The fourth-order valence-corrected chi connectivity index (χ4v) is 4.17. The molecule has 0 spiro atoms. The van der Waals surface area contributed by atoms with Gasteiger partial charge in [0.1, 0.15) is 12.4 Å². The average molecular weight is 432 g/mol. The number of amides is 3. The molecule has 2 aliphatic heterocycles. The van der Waals surface area contributed by atoms with Crippen molar-refractivity contribution in [2.75, 3.05) is 57.3 Å². The fraction of sp³-hybridized carbons (Fsp3) is 0.636. The van der Waals surface area contributed by atoms with Crippen molar-refractivity contribution >= 4 is 23.7 Å². The standard InChI is InChI=1S/C22H33N5O4/c1-2-31-21(29)16-24-22(30)27-11-5-6-18(17-27)8-9-20(28)26-14-12-25(13-15-26)19-7-3-4-10-23-19/h3-4,7,10,18H,2,5-6,8-9,11-17H2,1H3,(H,24,30)/t18-/m0/s1. The van der Waals surface area contributed by atoms with Gasteiger partial charge in [0.05, 0.1) is 6.61 Å². The lowest BCUT2D eigenvalue weighted by atomic mass is 9.93. The van der Waals surface area contributed by atoms with Gasteiger partial charge in [-0.05, 0) is 44.2 Å². The number of hydrogen-bond acceptors (Lipinski definition) is 6. The molecule has 1 aromatic heterocycles. The maximum absolute atomic E-state index is 12.7. The molecule has 9 nitrogen and oxygen atoms in total. The van der Waals surface area contributed by atoms with Crippen molar-refractivity contribution in [1.29, 1.82) is 0 Å². The minimum atomic E-state index is -0.432. The number of nitrogens with zero attached hydrogens (tertiary/aromatic N) is 4. The first-order valence-corrected chi connectivity index (χ1v) is 11.2. The molecule has 1 N–H and O–H groups in total. The summed E-state index contributed by atoms with van der Waals surface area (Å²) in [4.78, 5) is 46.7. The van der Waals surface area contributed by atoms with Crippen LogP contribution in [0.4, 0.5) is 10.6 Å². The van der Waals surface area contributed by atoms with Crippen LogP contribution in [-0.4, -0.2) is 85.1 Å². The van der Waals surface area contributed by atoms with Gasteiger partial charge in [0.15, 0.2) is 0 Å². The minimum absolute atomic E-state index is 0.114. The first kappa shape index (κ1) is 22.8. The van der Waals surface area contributed by atoms with E-state index in [0.717, 1.165) is 38.2 Å². The summed E-state index contributed by atoms with van der Waals surface area (Å²) in [5, 5.41) is 2.62. The van der Waals surface area contributed by atoms with E-state index in [0.29, 0.717) is 45.1 Å². The van der Waals surface area contributed by atoms with Gasteiger partial charge in [-0.1, -0.05) is 6.07 Å². The van der Waals surface area contributed by atoms with E-state index in [1.165, 1.54) is 0 Å². The predicted octanol–water partition coefficient (Wildman–Crippen LogP) is 1.50. The number of piperazine rings is 1. The Morgan fingerprint density at radius 2 is 1.94 bits per heavy atom. The van der Waals surface area contributed by atoms with E-state index in [1.54, 1.807) is 18.0 Å². The van der Waals surface area contributed by atoms with Gasteiger partial charge in [-0.25, -0.2) is 9.78 Å². The van der Waals surface area contributed by atoms with Gasteiger partial charge in [-0.15, -0.1) is 0 Å². The third-order valence-corrected chi connectivity index (χ3v) is 5.87. The van der Waals surface area contributed by atoms with Crippen LogP contribution in [0.2, 0.25) is 0 Å². The number of ether oxygens (including phenoxy) is 1. The molecule has 0 bridgehead atoms. The quantitative estimate of drug-likeness (QED) is 0.658. The molecule has 3 rings (SSSR count). The zero-order chi connectivity index (χ0) is 22.1. The molecule has 3 amide bonds. The van der Waals surface area contributed by atoms with Crippen LogP contribution >= 0.6 is 0 Å². The van der Waals surface area contributed by atoms with Crippen molar-refractivity contribution in [2.45, 2.75) is 32.6 Å². The molecule has 2 saturated heterocycles. The van der Waals surface area contributed by atoms with Gasteiger partial charge >= 0.3 is 12.0 Å². The number of aromatic nitrogens is 1. The molecule has 1 atom stereocenters. The molecular weight excluding hydrogens is 398 g/mol. The van der Waals surface area contributed by atoms with E-state index in [-0.39, 0.29) is 18.5 Å². The van der Waals surface area contributed by atoms with Crippen molar-refractivity contribution in [1.82, 2.24) is 20.1 Å².